The number of fused-ring (bicyclic) bond motifs is 1. The third-order valence-electron chi connectivity index (χ3n) is 4.16. The van der Waals surface area contributed by atoms with Gasteiger partial charge in [0.05, 0.1) is 6.04 Å². The minimum atomic E-state index is -0.0389. The summed E-state index contributed by atoms with van der Waals surface area (Å²) in [5.41, 5.74) is 0.874. The Morgan fingerprint density at radius 2 is 2.20 bits per heavy atom. The van der Waals surface area contributed by atoms with Crippen LogP contribution in [0.4, 0.5) is 0 Å². The maximum absolute atomic E-state index is 12.2. The van der Waals surface area contributed by atoms with Crippen molar-refractivity contribution in [2.75, 3.05) is 20.1 Å². The van der Waals surface area contributed by atoms with Crippen LogP contribution in [-0.4, -0.2) is 30.9 Å². The molecule has 1 atom stereocenters. The molecule has 1 N–H and O–H groups in total. The summed E-state index contributed by atoms with van der Waals surface area (Å²) in [5, 5.41) is 4.28. The highest BCUT2D eigenvalue weighted by molar-refractivity contribution is 5.79. The van der Waals surface area contributed by atoms with E-state index in [2.05, 4.69) is 5.32 Å². The monoisotopic (exact) mass is 272 g/mol. The van der Waals surface area contributed by atoms with Gasteiger partial charge in [0.25, 0.3) is 0 Å². The molecule has 4 heteroatoms. The summed E-state index contributed by atoms with van der Waals surface area (Å²) < 4.78 is 5.84. The second kappa shape index (κ2) is 5.29. The number of nitrogens with one attached hydrogen (secondary N) is 1. The molecule has 1 amide bonds. The minimum Gasteiger partial charge on any atom is -0.459 e. The van der Waals surface area contributed by atoms with Crippen LogP contribution in [0.3, 0.4) is 0 Å². The highest BCUT2D eigenvalue weighted by Gasteiger charge is 2.25. The lowest BCUT2D eigenvalue weighted by Gasteiger charge is -2.30. The fourth-order valence-corrected chi connectivity index (χ4v) is 2.50. The largest absolute Gasteiger partial charge is 0.459 e. The lowest BCUT2D eigenvalue weighted by molar-refractivity contribution is -0.133. The van der Waals surface area contributed by atoms with Crippen molar-refractivity contribution in [1.82, 2.24) is 10.2 Å². The smallest absolute Gasteiger partial charge is 0.223 e. The van der Waals surface area contributed by atoms with E-state index >= 15 is 0 Å². The molecule has 1 aliphatic rings. The van der Waals surface area contributed by atoms with Crippen molar-refractivity contribution in [3.8, 4) is 0 Å². The van der Waals surface area contributed by atoms with Crippen LogP contribution >= 0.6 is 0 Å². The van der Waals surface area contributed by atoms with Crippen molar-refractivity contribution in [2.45, 2.75) is 19.4 Å². The summed E-state index contributed by atoms with van der Waals surface area (Å²) >= 11 is 0. The SMILES string of the molecule is CC(c1cc2ccccc2o1)N(C)C(=O)CC1CNC1. The number of para-hydroxylation sites is 1. The minimum absolute atomic E-state index is 0.0389. The molecular formula is C16H20N2O2. The fraction of sp³-hybridized carbons (Fsp3) is 0.438. The van der Waals surface area contributed by atoms with Gasteiger partial charge in [0.15, 0.2) is 0 Å². The molecule has 0 bridgehead atoms. The first-order chi connectivity index (χ1) is 9.65. The maximum atomic E-state index is 12.2. The number of hydrogen-bond donors (Lipinski definition) is 1. The summed E-state index contributed by atoms with van der Waals surface area (Å²) in [4.78, 5) is 14.0. The number of rotatable bonds is 4. The molecule has 0 aliphatic carbocycles. The maximum Gasteiger partial charge on any atom is 0.223 e. The molecule has 1 unspecified atom stereocenters. The average Bonchev–Trinajstić information content (AvgIpc) is 2.84. The number of carbonyl (C=O) groups excluding carboxylic acids is 1. The first-order valence-electron chi connectivity index (χ1n) is 7.10. The van der Waals surface area contributed by atoms with E-state index in [1.54, 1.807) is 4.90 Å². The zero-order valence-corrected chi connectivity index (χ0v) is 11.9. The predicted octanol–water partition coefficient (Wildman–Crippen LogP) is 2.56. The Hall–Kier alpha value is -1.81. The Labute approximate surface area is 118 Å². The Balaban J connectivity index is 1.73. The highest BCUT2D eigenvalue weighted by atomic mass is 16.3. The van der Waals surface area contributed by atoms with Crippen molar-refractivity contribution in [3.05, 3.63) is 36.1 Å². The lowest BCUT2D eigenvalue weighted by Crippen LogP contribution is -2.45. The second-order valence-corrected chi connectivity index (χ2v) is 5.60. The van der Waals surface area contributed by atoms with Crippen LogP contribution in [0.1, 0.15) is 25.1 Å². The van der Waals surface area contributed by atoms with E-state index in [1.165, 1.54) is 0 Å². The summed E-state index contributed by atoms with van der Waals surface area (Å²) in [6.07, 6.45) is 0.619. The van der Waals surface area contributed by atoms with Crippen molar-refractivity contribution in [3.63, 3.8) is 0 Å². The molecule has 106 valence electrons. The van der Waals surface area contributed by atoms with Crippen LogP contribution in [0.2, 0.25) is 0 Å². The zero-order valence-electron chi connectivity index (χ0n) is 11.9. The normalized spacial score (nSPS) is 16.9. The molecule has 1 aromatic heterocycles. The van der Waals surface area contributed by atoms with Gasteiger partial charge in [-0.15, -0.1) is 0 Å². The molecule has 1 aromatic carbocycles. The highest BCUT2D eigenvalue weighted by Crippen LogP contribution is 2.27. The number of benzene rings is 1. The van der Waals surface area contributed by atoms with E-state index in [0.29, 0.717) is 12.3 Å². The Kier molecular flexibility index (Phi) is 3.49. The van der Waals surface area contributed by atoms with E-state index in [0.717, 1.165) is 29.8 Å². The van der Waals surface area contributed by atoms with Crippen molar-refractivity contribution >= 4 is 16.9 Å². The van der Waals surface area contributed by atoms with Gasteiger partial charge in [0.2, 0.25) is 5.91 Å². The van der Waals surface area contributed by atoms with Crippen LogP contribution in [0.15, 0.2) is 34.7 Å². The fourth-order valence-electron chi connectivity index (χ4n) is 2.50. The molecule has 1 saturated heterocycles. The number of hydrogen-bond acceptors (Lipinski definition) is 3. The van der Waals surface area contributed by atoms with Gasteiger partial charge >= 0.3 is 0 Å². The molecule has 20 heavy (non-hydrogen) atoms. The molecule has 1 aliphatic heterocycles. The standard InChI is InChI=1S/C16H20N2O2/c1-11(18(2)16(19)7-12-9-17-10-12)15-8-13-5-3-4-6-14(13)20-15/h3-6,8,11-12,17H,7,9-10H2,1-2H3. The van der Waals surface area contributed by atoms with Gasteiger partial charge in [-0.05, 0) is 38.1 Å². The summed E-state index contributed by atoms with van der Waals surface area (Å²) in [5.74, 6) is 1.52. The summed E-state index contributed by atoms with van der Waals surface area (Å²) in [6.45, 7) is 3.92. The first-order valence-corrected chi connectivity index (χ1v) is 7.10. The van der Waals surface area contributed by atoms with Crippen LogP contribution in [0, 0.1) is 5.92 Å². The van der Waals surface area contributed by atoms with Gasteiger partial charge in [-0.1, -0.05) is 18.2 Å². The topological polar surface area (TPSA) is 45.5 Å². The average molecular weight is 272 g/mol. The van der Waals surface area contributed by atoms with E-state index in [4.69, 9.17) is 4.42 Å². The van der Waals surface area contributed by atoms with Crippen molar-refractivity contribution in [2.24, 2.45) is 5.92 Å². The van der Waals surface area contributed by atoms with Gasteiger partial charge in [0, 0.05) is 18.9 Å². The molecule has 0 radical (unpaired) electrons. The third-order valence-corrected chi connectivity index (χ3v) is 4.16. The van der Waals surface area contributed by atoms with Gasteiger partial charge in [-0.3, -0.25) is 4.79 Å². The molecule has 3 rings (SSSR count). The second-order valence-electron chi connectivity index (χ2n) is 5.60. The predicted molar refractivity (Wildman–Crippen MR) is 78.4 cm³/mol. The van der Waals surface area contributed by atoms with E-state index in [1.807, 2.05) is 44.3 Å². The Morgan fingerprint density at radius 1 is 1.45 bits per heavy atom. The molecule has 0 spiro atoms. The van der Waals surface area contributed by atoms with Crippen molar-refractivity contribution in [1.29, 1.82) is 0 Å². The Bertz CT molecular complexity index is 583. The van der Waals surface area contributed by atoms with E-state index < -0.39 is 0 Å². The molecular weight excluding hydrogens is 252 g/mol. The molecule has 2 heterocycles. The summed E-state index contributed by atoms with van der Waals surface area (Å²) in [7, 11) is 1.85. The van der Waals surface area contributed by atoms with Gasteiger partial charge < -0.3 is 14.6 Å². The van der Waals surface area contributed by atoms with Gasteiger partial charge in [0.1, 0.15) is 11.3 Å². The molecule has 0 saturated carbocycles. The van der Waals surface area contributed by atoms with Crippen LogP contribution in [0.5, 0.6) is 0 Å². The molecule has 2 aromatic rings. The third kappa shape index (κ3) is 2.43. The zero-order chi connectivity index (χ0) is 14.1. The van der Waals surface area contributed by atoms with Crippen LogP contribution in [-0.2, 0) is 4.79 Å². The van der Waals surface area contributed by atoms with Gasteiger partial charge in [-0.2, -0.15) is 0 Å². The van der Waals surface area contributed by atoms with E-state index in [9.17, 15) is 4.79 Å². The molecule has 4 nitrogen and oxygen atoms in total. The number of amides is 1. The lowest BCUT2D eigenvalue weighted by atomic mass is 9.98. The van der Waals surface area contributed by atoms with Crippen LogP contribution in [0.25, 0.3) is 11.0 Å². The molecule has 1 fully saturated rings. The number of furan rings is 1. The van der Waals surface area contributed by atoms with Crippen molar-refractivity contribution < 1.29 is 9.21 Å². The number of nitrogens with zero attached hydrogens (tertiary/aromatic N) is 1. The quantitative estimate of drug-likeness (QED) is 0.930. The van der Waals surface area contributed by atoms with Crippen LogP contribution < -0.4 is 5.32 Å². The van der Waals surface area contributed by atoms with Gasteiger partial charge in [-0.25, -0.2) is 0 Å². The Morgan fingerprint density at radius 3 is 2.85 bits per heavy atom. The first kappa shape index (κ1) is 13.2. The summed E-state index contributed by atoms with van der Waals surface area (Å²) in [6, 6.07) is 9.91. The number of carbonyl (C=O) groups is 1. The van der Waals surface area contributed by atoms with E-state index in [-0.39, 0.29) is 11.9 Å².